The molecule has 33 heavy (non-hydrogen) atoms. The summed E-state index contributed by atoms with van der Waals surface area (Å²) in [6.07, 6.45) is 6.63. The van der Waals surface area contributed by atoms with Crippen molar-refractivity contribution in [3.63, 3.8) is 0 Å². The Hall–Kier alpha value is -2.39. The second-order valence-corrected chi connectivity index (χ2v) is 10.3. The maximum Gasteiger partial charge on any atom is 0.330 e. The average Bonchev–Trinajstić information content (AvgIpc) is 2.78. The van der Waals surface area contributed by atoms with E-state index in [9.17, 15) is 9.90 Å². The van der Waals surface area contributed by atoms with Gasteiger partial charge in [-0.25, -0.2) is 4.79 Å². The van der Waals surface area contributed by atoms with Gasteiger partial charge in [-0.1, -0.05) is 71.0 Å². The minimum Gasteiger partial charge on any atom is -0.466 e. The first-order chi connectivity index (χ1) is 15.5. The summed E-state index contributed by atoms with van der Waals surface area (Å²) >= 11 is 0. The van der Waals surface area contributed by atoms with E-state index in [4.69, 9.17) is 4.74 Å². The third-order valence-electron chi connectivity index (χ3n) is 7.21. The van der Waals surface area contributed by atoms with Gasteiger partial charge in [0, 0.05) is 11.5 Å². The molecule has 0 bridgehead atoms. The van der Waals surface area contributed by atoms with Gasteiger partial charge in [-0.05, 0) is 84.4 Å². The molecule has 2 aromatic carbocycles. The zero-order chi connectivity index (χ0) is 24.8. The molecule has 0 spiro atoms. The van der Waals surface area contributed by atoms with Crippen LogP contribution in [0.5, 0.6) is 0 Å². The molecule has 0 aliphatic rings. The fourth-order valence-corrected chi connectivity index (χ4v) is 4.62. The predicted molar refractivity (Wildman–Crippen MR) is 139 cm³/mol. The summed E-state index contributed by atoms with van der Waals surface area (Å²) in [6, 6.07) is 13.4. The monoisotopic (exact) mass is 450 g/mol. The first-order valence-corrected chi connectivity index (χ1v) is 12.1. The van der Waals surface area contributed by atoms with Crippen molar-refractivity contribution in [2.24, 2.45) is 5.41 Å². The molecule has 3 heteroatoms. The molecule has 0 aliphatic heterocycles. The van der Waals surface area contributed by atoms with E-state index in [1.54, 1.807) is 0 Å². The fourth-order valence-electron chi connectivity index (χ4n) is 4.62. The molecule has 0 saturated heterocycles. The second-order valence-electron chi connectivity index (χ2n) is 10.3. The Labute approximate surface area is 200 Å². The SMILES string of the molecule is CCC(CC)(c1ccc(C=CC(=O)OC)c(C)c1)c1ccc(CCC(O)C(C)(C)C)c(C)c1. The number of hydrogen-bond donors (Lipinski definition) is 1. The van der Waals surface area contributed by atoms with Gasteiger partial charge < -0.3 is 9.84 Å². The van der Waals surface area contributed by atoms with Crippen LogP contribution in [0, 0.1) is 19.3 Å². The number of esters is 1. The third kappa shape index (κ3) is 6.35. The van der Waals surface area contributed by atoms with Crippen LogP contribution in [0.2, 0.25) is 0 Å². The summed E-state index contributed by atoms with van der Waals surface area (Å²) in [6.45, 7) is 15.0. The van der Waals surface area contributed by atoms with Crippen molar-refractivity contribution in [3.8, 4) is 0 Å². The molecule has 0 fully saturated rings. The molecule has 0 heterocycles. The van der Waals surface area contributed by atoms with E-state index in [-0.39, 0.29) is 22.9 Å². The van der Waals surface area contributed by atoms with E-state index >= 15 is 0 Å². The predicted octanol–water partition coefficient (Wildman–Crippen LogP) is 6.94. The number of ether oxygens (including phenoxy) is 1. The van der Waals surface area contributed by atoms with Gasteiger partial charge in [0.05, 0.1) is 13.2 Å². The standard InChI is InChI=1S/C30H42O3/c1-9-30(10-2,26-16-12-24(22(4)20-26)14-18-28(32)33-8)25-15-11-23(21(3)19-25)13-17-27(31)29(5,6)7/h11-12,14-16,18-20,27,31H,9-10,13,17H2,1-8H3. The van der Waals surface area contributed by atoms with Gasteiger partial charge >= 0.3 is 5.97 Å². The van der Waals surface area contributed by atoms with Crippen molar-refractivity contribution in [1.82, 2.24) is 0 Å². The van der Waals surface area contributed by atoms with Crippen LogP contribution in [-0.2, 0) is 21.4 Å². The van der Waals surface area contributed by atoms with E-state index in [2.05, 4.69) is 84.9 Å². The molecule has 0 aromatic heterocycles. The van der Waals surface area contributed by atoms with Gasteiger partial charge in [0.2, 0.25) is 0 Å². The number of carbonyl (C=O) groups excluding carboxylic acids is 1. The molecule has 3 nitrogen and oxygen atoms in total. The largest absolute Gasteiger partial charge is 0.466 e. The Kier molecular flexibility index (Phi) is 9.08. The number of aliphatic hydroxyl groups excluding tert-OH is 1. The van der Waals surface area contributed by atoms with Gasteiger partial charge in [0.1, 0.15) is 0 Å². The summed E-state index contributed by atoms with van der Waals surface area (Å²) < 4.78 is 4.71. The lowest BCUT2D eigenvalue weighted by Gasteiger charge is -2.34. The number of rotatable bonds is 9. The summed E-state index contributed by atoms with van der Waals surface area (Å²) in [5.41, 5.74) is 7.24. The topological polar surface area (TPSA) is 46.5 Å². The highest BCUT2D eigenvalue weighted by Gasteiger charge is 2.31. The number of hydrogen-bond acceptors (Lipinski definition) is 3. The maximum absolute atomic E-state index is 11.5. The van der Waals surface area contributed by atoms with Gasteiger partial charge in [0.15, 0.2) is 0 Å². The second kappa shape index (κ2) is 11.2. The molecular weight excluding hydrogens is 408 g/mol. The minimum atomic E-state index is -0.347. The quantitative estimate of drug-likeness (QED) is 0.333. The molecular formula is C30H42O3. The zero-order valence-corrected chi connectivity index (χ0v) is 21.8. The highest BCUT2D eigenvalue weighted by atomic mass is 16.5. The summed E-state index contributed by atoms with van der Waals surface area (Å²) in [5, 5.41) is 10.4. The van der Waals surface area contributed by atoms with Gasteiger partial charge in [0.25, 0.3) is 0 Å². The van der Waals surface area contributed by atoms with E-state index in [0.29, 0.717) is 0 Å². The molecule has 0 saturated carbocycles. The summed E-state index contributed by atoms with van der Waals surface area (Å²) in [4.78, 5) is 11.5. The molecule has 2 aromatic rings. The van der Waals surface area contributed by atoms with E-state index in [0.717, 1.165) is 36.8 Å². The van der Waals surface area contributed by atoms with Crippen LogP contribution in [0.3, 0.4) is 0 Å². The lowest BCUT2D eigenvalue weighted by atomic mass is 9.69. The number of benzene rings is 2. The van der Waals surface area contributed by atoms with E-state index in [1.165, 1.54) is 35.4 Å². The Morgan fingerprint density at radius 2 is 1.58 bits per heavy atom. The van der Waals surface area contributed by atoms with Crippen molar-refractivity contribution < 1.29 is 14.6 Å². The van der Waals surface area contributed by atoms with E-state index < -0.39 is 0 Å². The van der Waals surface area contributed by atoms with Crippen LogP contribution in [0.4, 0.5) is 0 Å². The van der Waals surface area contributed by atoms with Crippen molar-refractivity contribution in [1.29, 1.82) is 0 Å². The third-order valence-corrected chi connectivity index (χ3v) is 7.21. The van der Waals surface area contributed by atoms with Crippen LogP contribution in [0.1, 0.15) is 87.3 Å². The molecule has 1 unspecified atom stereocenters. The van der Waals surface area contributed by atoms with Crippen LogP contribution in [0.25, 0.3) is 6.08 Å². The Balaban J connectivity index is 2.37. The molecule has 0 radical (unpaired) electrons. The average molecular weight is 451 g/mol. The molecule has 1 N–H and O–H groups in total. The van der Waals surface area contributed by atoms with Crippen LogP contribution in [-0.4, -0.2) is 24.3 Å². The molecule has 0 amide bonds. The van der Waals surface area contributed by atoms with Gasteiger partial charge in [-0.15, -0.1) is 0 Å². The molecule has 2 rings (SSSR count). The summed E-state index contributed by atoms with van der Waals surface area (Å²) in [5.74, 6) is -0.347. The Bertz CT molecular complexity index is 975. The maximum atomic E-state index is 11.5. The first kappa shape index (κ1) is 26.9. The molecule has 180 valence electrons. The summed E-state index contributed by atoms with van der Waals surface area (Å²) in [7, 11) is 1.39. The normalized spacial score (nSPS) is 13.4. The lowest BCUT2D eigenvalue weighted by Crippen LogP contribution is -2.27. The molecule has 1 atom stereocenters. The Morgan fingerprint density at radius 3 is 2.06 bits per heavy atom. The number of methoxy groups -OCH3 is 1. The van der Waals surface area contributed by atoms with Gasteiger partial charge in [-0.2, -0.15) is 0 Å². The molecule has 0 aliphatic carbocycles. The zero-order valence-electron chi connectivity index (χ0n) is 21.8. The smallest absolute Gasteiger partial charge is 0.330 e. The van der Waals surface area contributed by atoms with Crippen molar-refractivity contribution in [2.75, 3.05) is 7.11 Å². The number of aliphatic hydroxyl groups is 1. The Morgan fingerprint density at radius 1 is 1.00 bits per heavy atom. The van der Waals surface area contributed by atoms with Crippen LogP contribution >= 0.6 is 0 Å². The van der Waals surface area contributed by atoms with Crippen molar-refractivity contribution in [2.45, 2.75) is 85.7 Å². The van der Waals surface area contributed by atoms with Gasteiger partial charge in [-0.3, -0.25) is 0 Å². The van der Waals surface area contributed by atoms with Crippen molar-refractivity contribution in [3.05, 3.63) is 75.9 Å². The van der Waals surface area contributed by atoms with Crippen LogP contribution in [0.15, 0.2) is 42.5 Å². The highest BCUT2D eigenvalue weighted by molar-refractivity contribution is 5.87. The number of carbonyl (C=O) groups is 1. The first-order valence-electron chi connectivity index (χ1n) is 12.1. The number of aryl methyl sites for hydroxylation is 3. The highest BCUT2D eigenvalue weighted by Crippen LogP contribution is 2.40. The lowest BCUT2D eigenvalue weighted by molar-refractivity contribution is -0.134. The van der Waals surface area contributed by atoms with Crippen molar-refractivity contribution >= 4 is 12.0 Å². The fraction of sp³-hybridized carbons (Fsp3) is 0.500. The minimum absolute atomic E-state index is 0.0659. The van der Waals surface area contributed by atoms with E-state index in [1.807, 2.05) is 6.08 Å². The van der Waals surface area contributed by atoms with Crippen LogP contribution < -0.4 is 0 Å².